The Balaban J connectivity index is 1.56. The quantitative estimate of drug-likeness (QED) is 0.521. The van der Waals surface area contributed by atoms with Gasteiger partial charge in [-0.25, -0.2) is 4.79 Å². The molecule has 0 spiro atoms. The van der Waals surface area contributed by atoms with Gasteiger partial charge in [0.15, 0.2) is 0 Å². The van der Waals surface area contributed by atoms with Gasteiger partial charge < -0.3 is 20.5 Å². The molecule has 0 radical (unpaired) electrons. The Morgan fingerprint density at radius 2 is 1.62 bits per heavy atom. The summed E-state index contributed by atoms with van der Waals surface area (Å²) in [7, 11) is 0. The third-order valence-corrected chi connectivity index (χ3v) is 5.76. The molecule has 2 atom stereocenters. The summed E-state index contributed by atoms with van der Waals surface area (Å²) in [5, 5.41) is 14.3. The number of hydrogen-bond acceptors (Lipinski definition) is 4. The van der Waals surface area contributed by atoms with Crippen molar-refractivity contribution in [1.82, 2.24) is 10.6 Å². The molecule has 3 rings (SSSR count). The average molecular weight is 439 g/mol. The van der Waals surface area contributed by atoms with Crippen molar-refractivity contribution in [1.29, 1.82) is 0 Å². The average Bonchev–Trinajstić information content (AvgIpc) is 3.10. The van der Waals surface area contributed by atoms with Crippen molar-refractivity contribution in [3.8, 4) is 11.1 Å². The smallest absolute Gasteiger partial charge is 0.407 e. The lowest BCUT2D eigenvalue weighted by atomic mass is 9.98. The van der Waals surface area contributed by atoms with Gasteiger partial charge in [0, 0.05) is 24.9 Å². The van der Waals surface area contributed by atoms with Gasteiger partial charge in [0.2, 0.25) is 5.91 Å². The number of amides is 2. The third kappa shape index (κ3) is 5.66. The molecule has 0 saturated heterocycles. The monoisotopic (exact) mass is 438 g/mol. The maximum absolute atomic E-state index is 12.5. The molecule has 0 aromatic heterocycles. The predicted molar refractivity (Wildman–Crippen MR) is 121 cm³/mol. The van der Waals surface area contributed by atoms with Crippen LogP contribution in [0.4, 0.5) is 4.79 Å². The minimum Gasteiger partial charge on any atom is -0.481 e. The number of fused-ring (bicyclic) bond motifs is 3. The van der Waals surface area contributed by atoms with Gasteiger partial charge >= 0.3 is 12.1 Å². The van der Waals surface area contributed by atoms with Crippen molar-refractivity contribution >= 4 is 18.0 Å². The zero-order valence-corrected chi connectivity index (χ0v) is 18.5. The number of carboxylic acids is 1. The Kier molecular flexibility index (Phi) is 7.87. The summed E-state index contributed by atoms with van der Waals surface area (Å²) in [6.07, 6.45) is 0.917. The van der Waals surface area contributed by atoms with E-state index in [9.17, 15) is 14.4 Å². The molecular formula is C25H30N2O5. The SMILES string of the molecule is CCCC(CC(=O)NCC(C)C(=O)O)NC(=O)OCC1c2ccccc2-c2ccccc21. The van der Waals surface area contributed by atoms with Gasteiger partial charge in [-0.15, -0.1) is 0 Å². The number of benzene rings is 2. The maximum atomic E-state index is 12.5. The predicted octanol–water partition coefficient (Wildman–Crippen LogP) is 3.92. The van der Waals surface area contributed by atoms with Gasteiger partial charge in [-0.05, 0) is 28.7 Å². The molecule has 7 nitrogen and oxygen atoms in total. The van der Waals surface area contributed by atoms with Crippen LogP contribution >= 0.6 is 0 Å². The number of nitrogens with one attached hydrogen (secondary N) is 2. The topological polar surface area (TPSA) is 105 Å². The van der Waals surface area contributed by atoms with Crippen LogP contribution in [-0.4, -0.2) is 42.3 Å². The van der Waals surface area contributed by atoms with Crippen molar-refractivity contribution in [3.05, 3.63) is 59.7 Å². The van der Waals surface area contributed by atoms with Crippen LogP contribution in [0, 0.1) is 5.92 Å². The van der Waals surface area contributed by atoms with Crippen LogP contribution in [0.3, 0.4) is 0 Å². The Morgan fingerprint density at radius 3 is 2.19 bits per heavy atom. The lowest BCUT2D eigenvalue weighted by molar-refractivity contribution is -0.141. The van der Waals surface area contributed by atoms with E-state index >= 15 is 0 Å². The van der Waals surface area contributed by atoms with E-state index in [0.717, 1.165) is 28.7 Å². The van der Waals surface area contributed by atoms with E-state index in [2.05, 4.69) is 34.9 Å². The van der Waals surface area contributed by atoms with Gasteiger partial charge in [0.25, 0.3) is 0 Å². The van der Waals surface area contributed by atoms with Crippen molar-refractivity contribution in [2.24, 2.45) is 5.92 Å². The van der Waals surface area contributed by atoms with E-state index in [-0.39, 0.29) is 37.4 Å². The number of rotatable bonds is 10. The third-order valence-electron chi connectivity index (χ3n) is 5.76. The second kappa shape index (κ2) is 10.8. The van der Waals surface area contributed by atoms with E-state index in [1.54, 1.807) is 0 Å². The summed E-state index contributed by atoms with van der Waals surface area (Å²) in [4.78, 5) is 35.6. The maximum Gasteiger partial charge on any atom is 0.407 e. The highest BCUT2D eigenvalue weighted by atomic mass is 16.5. The van der Waals surface area contributed by atoms with E-state index < -0.39 is 18.0 Å². The highest BCUT2D eigenvalue weighted by Crippen LogP contribution is 2.44. The van der Waals surface area contributed by atoms with Crippen LogP contribution in [-0.2, 0) is 14.3 Å². The zero-order valence-electron chi connectivity index (χ0n) is 18.5. The van der Waals surface area contributed by atoms with Gasteiger partial charge in [0.05, 0.1) is 5.92 Å². The van der Waals surface area contributed by atoms with Crippen LogP contribution < -0.4 is 10.6 Å². The number of ether oxygens (including phenoxy) is 1. The summed E-state index contributed by atoms with van der Waals surface area (Å²) >= 11 is 0. The van der Waals surface area contributed by atoms with Crippen LogP contribution in [0.2, 0.25) is 0 Å². The van der Waals surface area contributed by atoms with Crippen molar-refractivity contribution < 1.29 is 24.2 Å². The van der Waals surface area contributed by atoms with Crippen LogP contribution in [0.1, 0.15) is 50.2 Å². The summed E-state index contributed by atoms with van der Waals surface area (Å²) in [5.74, 6) is -1.96. The Hall–Kier alpha value is -3.35. The number of aliphatic carboxylic acids is 1. The summed E-state index contributed by atoms with van der Waals surface area (Å²) in [6, 6.07) is 15.9. The molecule has 2 amide bonds. The molecule has 0 aliphatic heterocycles. The number of carbonyl (C=O) groups is 3. The Morgan fingerprint density at radius 1 is 1.03 bits per heavy atom. The summed E-state index contributed by atoms with van der Waals surface area (Å²) in [6.45, 7) is 3.76. The molecule has 3 N–H and O–H groups in total. The normalized spacial score (nSPS) is 14.1. The minimum absolute atomic E-state index is 0.0291. The summed E-state index contributed by atoms with van der Waals surface area (Å²) < 4.78 is 5.57. The van der Waals surface area contributed by atoms with E-state index in [1.807, 2.05) is 31.2 Å². The van der Waals surface area contributed by atoms with Gasteiger partial charge in [-0.3, -0.25) is 9.59 Å². The molecule has 1 aliphatic rings. The molecule has 2 aromatic carbocycles. The molecule has 0 heterocycles. The fourth-order valence-electron chi connectivity index (χ4n) is 4.03. The molecule has 170 valence electrons. The molecule has 0 bridgehead atoms. The minimum atomic E-state index is -0.966. The van der Waals surface area contributed by atoms with Gasteiger partial charge in [-0.1, -0.05) is 68.8 Å². The van der Waals surface area contributed by atoms with Crippen molar-refractivity contribution in [2.45, 2.75) is 45.1 Å². The Labute approximate surface area is 188 Å². The van der Waals surface area contributed by atoms with Crippen molar-refractivity contribution in [3.63, 3.8) is 0 Å². The second-order valence-corrected chi connectivity index (χ2v) is 8.20. The molecule has 1 aliphatic carbocycles. The fraction of sp³-hybridized carbons (Fsp3) is 0.400. The number of carbonyl (C=O) groups excluding carboxylic acids is 2. The van der Waals surface area contributed by atoms with Crippen LogP contribution in [0.15, 0.2) is 48.5 Å². The highest BCUT2D eigenvalue weighted by molar-refractivity contribution is 5.80. The van der Waals surface area contributed by atoms with E-state index in [4.69, 9.17) is 9.84 Å². The van der Waals surface area contributed by atoms with Gasteiger partial charge in [0.1, 0.15) is 6.61 Å². The number of carboxylic acid groups (broad SMARTS) is 1. The lowest BCUT2D eigenvalue weighted by Crippen LogP contribution is -2.41. The molecule has 2 unspecified atom stereocenters. The first kappa shape index (κ1) is 23.3. The molecule has 0 fully saturated rings. The fourth-order valence-corrected chi connectivity index (χ4v) is 4.03. The van der Waals surface area contributed by atoms with Gasteiger partial charge in [-0.2, -0.15) is 0 Å². The second-order valence-electron chi connectivity index (χ2n) is 8.20. The van der Waals surface area contributed by atoms with Crippen LogP contribution in [0.25, 0.3) is 11.1 Å². The Bertz CT molecular complexity index is 929. The molecule has 32 heavy (non-hydrogen) atoms. The number of hydrogen-bond donors (Lipinski definition) is 3. The highest BCUT2D eigenvalue weighted by Gasteiger charge is 2.29. The first-order chi connectivity index (χ1) is 15.4. The zero-order chi connectivity index (χ0) is 23.1. The molecular weight excluding hydrogens is 408 g/mol. The lowest BCUT2D eigenvalue weighted by Gasteiger charge is -2.19. The molecule has 7 heteroatoms. The summed E-state index contributed by atoms with van der Waals surface area (Å²) in [5.41, 5.74) is 4.60. The molecule has 0 saturated carbocycles. The number of alkyl carbamates (subject to hydrolysis) is 1. The van der Waals surface area contributed by atoms with Crippen molar-refractivity contribution in [2.75, 3.05) is 13.2 Å². The van der Waals surface area contributed by atoms with Crippen LogP contribution in [0.5, 0.6) is 0 Å². The standard InChI is InChI=1S/C25H30N2O5/c1-3-8-17(13-23(28)26-14-16(2)24(29)30)27-25(31)32-15-22-20-11-6-4-9-18(20)19-10-5-7-12-21(19)22/h4-7,9-12,16-17,22H,3,8,13-15H2,1-2H3,(H,26,28)(H,27,31)(H,29,30). The van der Waals surface area contributed by atoms with E-state index in [0.29, 0.717) is 6.42 Å². The first-order valence-electron chi connectivity index (χ1n) is 11.0. The first-order valence-corrected chi connectivity index (χ1v) is 11.0. The van der Waals surface area contributed by atoms with E-state index in [1.165, 1.54) is 6.92 Å². The largest absolute Gasteiger partial charge is 0.481 e. The molecule has 2 aromatic rings.